The number of carbonyl (C=O) groups is 1. The summed E-state index contributed by atoms with van der Waals surface area (Å²) in [6.07, 6.45) is 0.741. The van der Waals surface area contributed by atoms with Crippen LogP contribution in [-0.4, -0.2) is 55.1 Å². The number of hydrogen-bond acceptors (Lipinski definition) is 8. The van der Waals surface area contributed by atoms with Crippen LogP contribution in [0.4, 0.5) is 5.82 Å². The van der Waals surface area contributed by atoms with Gasteiger partial charge in [-0.05, 0) is 24.6 Å². The molecule has 0 saturated carbocycles. The molecule has 2 aliphatic heterocycles. The van der Waals surface area contributed by atoms with Crippen molar-refractivity contribution >= 4 is 50.6 Å². The fourth-order valence-electron chi connectivity index (χ4n) is 3.55. The predicted molar refractivity (Wildman–Crippen MR) is 115 cm³/mol. The summed E-state index contributed by atoms with van der Waals surface area (Å²) in [7, 11) is -2.44. The Morgan fingerprint density at radius 1 is 1.50 bits per heavy atom. The number of anilines is 1. The number of aryl methyl sites for hydroxylation is 1. The van der Waals surface area contributed by atoms with Crippen molar-refractivity contribution in [2.24, 2.45) is 10.7 Å². The summed E-state index contributed by atoms with van der Waals surface area (Å²) in [6, 6.07) is 6.88. The molecule has 2 atom stereocenters. The molecule has 1 fully saturated rings. The van der Waals surface area contributed by atoms with Gasteiger partial charge in [0.15, 0.2) is 0 Å². The Morgan fingerprint density at radius 3 is 3.00 bits per heavy atom. The number of aromatic nitrogens is 1. The maximum atomic E-state index is 12.9. The number of guanidine groups is 1. The summed E-state index contributed by atoms with van der Waals surface area (Å²) in [4.78, 5) is 22.3. The molecular formula is C18H20ClN5O4S2. The van der Waals surface area contributed by atoms with Crippen molar-refractivity contribution in [3.8, 4) is 0 Å². The second kappa shape index (κ2) is 7.49. The van der Waals surface area contributed by atoms with Crippen LogP contribution in [0.25, 0.3) is 0 Å². The second-order valence-corrected chi connectivity index (χ2v) is 10.6. The van der Waals surface area contributed by atoms with Gasteiger partial charge in [-0.2, -0.15) is 0 Å². The highest BCUT2D eigenvalue weighted by Gasteiger charge is 2.58. The first-order valence-electron chi connectivity index (χ1n) is 9.17. The lowest BCUT2D eigenvalue weighted by Crippen LogP contribution is -2.56. The van der Waals surface area contributed by atoms with Crippen molar-refractivity contribution in [2.75, 3.05) is 25.6 Å². The van der Waals surface area contributed by atoms with E-state index in [0.717, 1.165) is 27.8 Å². The molecule has 30 heavy (non-hydrogen) atoms. The molecule has 1 amide bonds. The lowest BCUT2D eigenvalue weighted by Gasteiger charge is -2.37. The molecular weight excluding hydrogens is 450 g/mol. The molecule has 0 aliphatic carbocycles. The minimum atomic E-state index is -3.79. The Bertz CT molecular complexity index is 1150. The molecule has 2 aromatic heterocycles. The van der Waals surface area contributed by atoms with E-state index in [-0.39, 0.29) is 24.2 Å². The summed E-state index contributed by atoms with van der Waals surface area (Å²) in [6.45, 7) is 1.94. The fraction of sp³-hybridized carbons (Fsp3) is 0.389. The highest BCUT2D eigenvalue weighted by atomic mass is 35.5. The van der Waals surface area contributed by atoms with Crippen LogP contribution in [0.5, 0.6) is 0 Å². The van der Waals surface area contributed by atoms with Gasteiger partial charge in [0.1, 0.15) is 16.6 Å². The summed E-state index contributed by atoms with van der Waals surface area (Å²) in [5, 5.41) is 2.02. The van der Waals surface area contributed by atoms with Gasteiger partial charge in [-0.1, -0.05) is 24.6 Å². The van der Waals surface area contributed by atoms with E-state index < -0.39 is 26.7 Å². The van der Waals surface area contributed by atoms with Crippen LogP contribution in [0.1, 0.15) is 27.2 Å². The second-order valence-electron chi connectivity index (χ2n) is 7.02. The number of nitrogens with one attached hydrogen (secondary N) is 1. The average molecular weight is 470 g/mol. The first-order chi connectivity index (χ1) is 14.2. The van der Waals surface area contributed by atoms with Gasteiger partial charge in [-0.3, -0.25) is 4.79 Å². The van der Waals surface area contributed by atoms with Crippen molar-refractivity contribution < 1.29 is 17.9 Å². The van der Waals surface area contributed by atoms with Gasteiger partial charge in [0.2, 0.25) is 16.0 Å². The van der Waals surface area contributed by atoms with Crippen molar-refractivity contribution in [1.82, 2.24) is 9.29 Å². The molecule has 1 saturated heterocycles. The first-order valence-corrected chi connectivity index (χ1v) is 11.9. The molecule has 2 unspecified atom stereocenters. The number of halogens is 1. The molecule has 12 heteroatoms. The van der Waals surface area contributed by atoms with Crippen molar-refractivity contribution in [3.05, 3.63) is 44.7 Å². The normalized spacial score (nSPS) is 25.0. The Kier molecular flexibility index (Phi) is 5.25. The van der Waals surface area contributed by atoms with Crippen molar-refractivity contribution in [2.45, 2.75) is 24.1 Å². The van der Waals surface area contributed by atoms with Crippen LogP contribution < -0.4 is 11.1 Å². The number of aliphatic imine (C=N–C) groups is 1. The molecule has 160 valence electrons. The van der Waals surface area contributed by atoms with E-state index in [1.54, 1.807) is 6.07 Å². The predicted octanol–water partition coefficient (Wildman–Crippen LogP) is 1.80. The standard InChI is InChI=1S/C18H20ClN5O4S2/c1-3-10-5-4-6-14(21-10)22-16(25)12-7-11(19)15(29-12)18-9-28-8-13(18)30(26,27)24(2)17(20)23-18/h4-7,13H,3,8-9H2,1-2H3,(H2,20,23)(H,21,22,25). The zero-order valence-corrected chi connectivity index (χ0v) is 18.6. The van der Waals surface area contributed by atoms with Crippen molar-refractivity contribution in [3.63, 3.8) is 0 Å². The number of ether oxygens (including phenoxy) is 1. The van der Waals surface area contributed by atoms with E-state index >= 15 is 0 Å². The van der Waals surface area contributed by atoms with Gasteiger partial charge in [-0.25, -0.2) is 22.7 Å². The van der Waals surface area contributed by atoms with Gasteiger partial charge >= 0.3 is 0 Å². The van der Waals surface area contributed by atoms with Crippen LogP contribution in [-0.2, 0) is 26.7 Å². The smallest absolute Gasteiger partial charge is 0.266 e. The van der Waals surface area contributed by atoms with Crippen LogP contribution in [0, 0.1) is 0 Å². The first kappa shape index (κ1) is 21.0. The Hall–Kier alpha value is -2.21. The summed E-state index contributed by atoms with van der Waals surface area (Å²) in [5.41, 5.74) is 5.46. The van der Waals surface area contributed by atoms with E-state index in [1.165, 1.54) is 13.1 Å². The lowest BCUT2D eigenvalue weighted by molar-refractivity contribution is 0.103. The van der Waals surface area contributed by atoms with E-state index in [2.05, 4.69) is 15.3 Å². The van der Waals surface area contributed by atoms with E-state index in [9.17, 15) is 13.2 Å². The molecule has 4 heterocycles. The van der Waals surface area contributed by atoms with Crippen LogP contribution in [0.15, 0.2) is 29.3 Å². The minimum Gasteiger partial charge on any atom is -0.377 e. The third-order valence-corrected chi connectivity index (χ3v) is 9.12. The van der Waals surface area contributed by atoms with Crippen LogP contribution >= 0.6 is 22.9 Å². The number of nitrogens with two attached hydrogens (primary N) is 1. The molecule has 9 nitrogen and oxygen atoms in total. The molecule has 4 rings (SSSR count). The molecule has 3 N–H and O–H groups in total. The van der Waals surface area contributed by atoms with Gasteiger partial charge in [0.25, 0.3) is 5.91 Å². The molecule has 0 bridgehead atoms. The zero-order valence-electron chi connectivity index (χ0n) is 16.3. The van der Waals surface area contributed by atoms with Crippen LogP contribution in [0.2, 0.25) is 5.02 Å². The number of nitrogens with zero attached hydrogens (tertiary/aromatic N) is 3. The van der Waals surface area contributed by atoms with Crippen LogP contribution in [0.3, 0.4) is 0 Å². The molecule has 2 aliphatic rings. The highest BCUT2D eigenvalue weighted by Crippen LogP contribution is 2.48. The zero-order chi connectivity index (χ0) is 21.7. The summed E-state index contributed by atoms with van der Waals surface area (Å²) in [5.74, 6) is -0.115. The number of sulfonamides is 1. The number of thiophene rings is 1. The van der Waals surface area contributed by atoms with Gasteiger partial charge < -0.3 is 15.8 Å². The summed E-state index contributed by atoms with van der Waals surface area (Å²) >= 11 is 7.53. The van der Waals surface area contributed by atoms with Gasteiger partial charge in [0.05, 0.1) is 28.0 Å². The largest absolute Gasteiger partial charge is 0.377 e. The topological polar surface area (TPSA) is 127 Å². The molecule has 0 radical (unpaired) electrons. The third kappa shape index (κ3) is 3.25. The Morgan fingerprint density at radius 2 is 2.27 bits per heavy atom. The fourth-order valence-corrected chi connectivity index (χ4v) is 6.88. The van der Waals surface area contributed by atoms with E-state index in [4.69, 9.17) is 22.1 Å². The highest BCUT2D eigenvalue weighted by molar-refractivity contribution is 7.90. The van der Waals surface area contributed by atoms with E-state index in [0.29, 0.717) is 15.6 Å². The molecule has 2 aromatic rings. The number of pyridine rings is 1. The molecule has 0 aromatic carbocycles. The maximum absolute atomic E-state index is 12.9. The Balaban J connectivity index is 1.71. The monoisotopic (exact) mass is 469 g/mol. The number of amides is 1. The third-order valence-electron chi connectivity index (χ3n) is 5.22. The maximum Gasteiger partial charge on any atom is 0.266 e. The van der Waals surface area contributed by atoms with Gasteiger partial charge in [-0.15, -0.1) is 11.3 Å². The average Bonchev–Trinajstić information content (AvgIpc) is 3.31. The quantitative estimate of drug-likeness (QED) is 0.702. The number of hydrogen-bond donors (Lipinski definition) is 2. The number of rotatable bonds is 4. The van der Waals surface area contributed by atoms with E-state index in [1.807, 2.05) is 19.1 Å². The SMILES string of the molecule is CCc1cccc(NC(=O)c2cc(Cl)c(C34COCC3S(=O)(=O)N(C)C(N)=N4)s2)n1. The summed E-state index contributed by atoms with van der Waals surface area (Å²) < 4.78 is 32.2. The van der Waals surface area contributed by atoms with Crippen molar-refractivity contribution in [1.29, 1.82) is 0 Å². The number of carbonyl (C=O) groups excluding carboxylic acids is 1. The lowest BCUT2D eigenvalue weighted by atomic mass is 9.96. The minimum absolute atomic E-state index is 0.00678. The Labute approximate surface area is 183 Å². The number of fused-ring (bicyclic) bond motifs is 1. The molecule has 0 spiro atoms. The van der Waals surface area contributed by atoms with Gasteiger partial charge in [0, 0.05) is 12.7 Å².